The lowest BCUT2D eigenvalue weighted by Crippen LogP contribution is -2.32. The summed E-state index contributed by atoms with van der Waals surface area (Å²) in [6, 6.07) is 8.83. The SMILES string of the molecule is CC(=O)N(Cc1cc(Cl)ccc1OS(=O)(=O)c1ccc(F)cc1)CC(C)C. The minimum absolute atomic E-state index is 0.0683. The average molecular weight is 414 g/mol. The van der Waals surface area contributed by atoms with Crippen LogP contribution in [0.3, 0.4) is 0 Å². The summed E-state index contributed by atoms with van der Waals surface area (Å²) in [7, 11) is -4.16. The fraction of sp³-hybridized carbons (Fsp3) is 0.316. The van der Waals surface area contributed by atoms with Crippen molar-refractivity contribution in [3.05, 3.63) is 58.9 Å². The summed E-state index contributed by atoms with van der Waals surface area (Å²) in [6.45, 7) is 6.06. The lowest BCUT2D eigenvalue weighted by Gasteiger charge is -2.24. The first-order chi connectivity index (χ1) is 12.6. The Morgan fingerprint density at radius 3 is 2.37 bits per heavy atom. The molecule has 5 nitrogen and oxygen atoms in total. The van der Waals surface area contributed by atoms with Gasteiger partial charge in [0, 0.05) is 30.6 Å². The van der Waals surface area contributed by atoms with Crippen LogP contribution < -0.4 is 4.18 Å². The number of hydrogen-bond donors (Lipinski definition) is 0. The summed E-state index contributed by atoms with van der Waals surface area (Å²) in [5.41, 5.74) is 0.462. The maximum Gasteiger partial charge on any atom is 0.339 e. The zero-order valence-corrected chi connectivity index (χ0v) is 16.8. The van der Waals surface area contributed by atoms with E-state index in [4.69, 9.17) is 15.8 Å². The number of halogens is 2. The van der Waals surface area contributed by atoms with Crippen molar-refractivity contribution in [2.45, 2.75) is 32.2 Å². The molecule has 0 fully saturated rings. The maximum absolute atomic E-state index is 13.0. The first-order valence-electron chi connectivity index (χ1n) is 8.32. The predicted molar refractivity (Wildman–Crippen MR) is 102 cm³/mol. The van der Waals surface area contributed by atoms with Gasteiger partial charge in [-0.15, -0.1) is 0 Å². The molecule has 2 aromatic rings. The van der Waals surface area contributed by atoms with Crippen LogP contribution >= 0.6 is 11.6 Å². The molecule has 0 spiro atoms. The molecule has 0 bridgehead atoms. The number of nitrogens with zero attached hydrogens (tertiary/aromatic N) is 1. The Hall–Kier alpha value is -2.12. The topological polar surface area (TPSA) is 63.7 Å². The van der Waals surface area contributed by atoms with Gasteiger partial charge in [-0.1, -0.05) is 25.4 Å². The first kappa shape index (κ1) is 21.2. The third-order valence-corrected chi connectivity index (χ3v) is 5.20. The van der Waals surface area contributed by atoms with Gasteiger partial charge >= 0.3 is 10.1 Å². The highest BCUT2D eigenvalue weighted by Gasteiger charge is 2.21. The van der Waals surface area contributed by atoms with Gasteiger partial charge in [0.05, 0.1) is 0 Å². The molecular formula is C19H21ClFNO4S. The van der Waals surface area contributed by atoms with Gasteiger partial charge in [0.25, 0.3) is 0 Å². The monoisotopic (exact) mass is 413 g/mol. The van der Waals surface area contributed by atoms with Crippen molar-refractivity contribution in [3.63, 3.8) is 0 Å². The summed E-state index contributed by atoms with van der Waals surface area (Å²) in [4.78, 5) is 13.3. The molecule has 0 aliphatic carbocycles. The molecule has 2 rings (SSSR count). The highest BCUT2D eigenvalue weighted by atomic mass is 35.5. The van der Waals surface area contributed by atoms with Crippen LogP contribution in [-0.4, -0.2) is 25.8 Å². The third kappa shape index (κ3) is 5.94. The van der Waals surface area contributed by atoms with Gasteiger partial charge < -0.3 is 9.08 Å². The van der Waals surface area contributed by atoms with E-state index >= 15 is 0 Å². The molecule has 146 valence electrons. The van der Waals surface area contributed by atoms with Gasteiger partial charge in [-0.25, -0.2) is 4.39 Å². The van der Waals surface area contributed by atoms with Crippen molar-refractivity contribution >= 4 is 27.6 Å². The van der Waals surface area contributed by atoms with Crippen LogP contribution in [0.15, 0.2) is 47.4 Å². The molecule has 0 N–H and O–H groups in total. The summed E-state index contributed by atoms with van der Waals surface area (Å²) >= 11 is 6.04. The summed E-state index contributed by atoms with van der Waals surface area (Å²) < 4.78 is 43.3. The van der Waals surface area contributed by atoms with E-state index in [1.807, 2.05) is 13.8 Å². The highest BCUT2D eigenvalue weighted by molar-refractivity contribution is 7.87. The smallest absolute Gasteiger partial charge is 0.339 e. The Labute approximate surface area is 163 Å². The average Bonchev–Trinajstić information content (AvgIpc) is 2.56. The Morgan fingerprint density at radius 1 is 1.19 bits per heavy atom. The fourth-order valence-electron chi connectivity index (χ4n) is 2.47. The zero-order valence-electron chi connectivity index (χ0n) is 15.3. The highest BCUT2D eigenvalue weighted by Crippen LogP contribution is 2.28. The van der Waals surface area contributed by atoms with Crippen molar-refractivity contribution < 1.29 is 21.8 Å². The van der Waals surface area contributed by atoms with Gasteiger partial charge in [-0.2, -0.15) is 8.42 Å². The van der Waals surface area contributed by atoms with Gasteiger partial charge in [-0.3, -0.25) is 4.79 Å². The van der Waals surface area contributed by atoms with Crippen LogP contribution in [0.1, 0.15) is 26.3 Å². The van der Waals surface area contributed by atoms with E-state index in [1.165, 1.54) is 19.1 Å². The minimum atomic E-state index is -4.16. The van der Waals surface area contributed by atoms with E-state index in [9.17, 15) is 17.6 Å². The van der Waals surface area contributed by atoms with E-state index < -0.39 is 15.9 Å². The molecule has 8 heteroatoms. The van der Waals surface area contributed by atoms with E-state index in [0.717, 1.165) is 24.3 Å². The minimum Gasteiger partial charge on any atom is -0.379 e. The molecule has 0 radical (unpaired) electrons. The van der Waals surface area contributed by atoms with Crippen molar-refractivity contribution in [2.75, 3.05) is 6.54 Å². The summed E-state index contributed by atoms with van der Waals surface area (Å²) in [5, 5.41) is 0.393. The molecule has 0 saturated carbocycles. The van der Waals surface area contributed by atoms with Gasteiger partial charge in [0.15, 0.2) is 0 Å². The van der Waals surface area contributed by atoms with Crippen LogP contribution in [0.5, 0.6) is 5.75 Å². The molecule has 0 atom stereocenters. The first-order valence-corrected chi connectivity index (χ1v) is 10.1. The van der Waals surface area contributed by atoms with Crippen LogP contribution in [0.2, 0.25) is 5.02 Å². The van der Waals surface area contributed by atoms with E-state index in [-0.39, 0.29) is 29.0 Å². The Kier molecular flexibility index (Phi) is 6.84. The van der Waals surface area contributed by atoms with Crippen LogP contribution in [0.4, 0.5) is 4.39 Å². The maximum atomic E-state index is 13.0. The standard InChI is InChI=1S/C19H21ClFNO4S/c1-13(2)11-22(14(3)23)12-15-10-16(20)4-9-19(15)26-27(24,25)18-7-5-17(21)6-8-18/h4-10,13H,11-12H2,1-3H3. The zero-order chi connectivity index (χ0) is 20.2. The second-order valence-corrected chi connectivity index (χ2v) is 8.52. The molecule has 0 heterocycles. The lowest BCUT2D eigenvalue weighted by atomic mass is 10.1. The lowest BCUT2D eigenvalue weighted by molar-refractivity contribution is -0.130. The third-order valence-electron chi connectivity index (χ3n) is 3.72. The van der Waals surface area contributed by atoms with Crippen LogP contribution in [-0.2, 0) is 21.5 Å². The number of hydrogen-bond acceptors (Lipinski definition) is 4. The molecule has 27 heavy (non-hydrogen) atoms. The van der Waals surface area contributed by atoms with Crippen molar-refractivity contribution in [1.82, 2.24) is 4.90 Å². The Bertz CT molecular complexity index is 914. The van der Waals surface area contributed by atoms with E-state index in [2.05, 4.69) is 0 Å². The molecule has 2 aromatic carbocycles. The predicted octanol–water partition coefficient (Wildman–Crippen LogP) is 4.25. The van der Waals surface area contributed by atoms with Crippen LogP contribution in [0, 0.1) is 11.7 Å². The molecule has 0 saturated heterocycles. The quantitative estimate of drug-likeness (QED) is 0.636. The summed E-state index contributed by atoms with van der Waals surface area (Å²) in [5.74, 6) is -0.387. The Morgan fingerprint density at radius 2 is 1.81 bits per heavy atom. The van der Waals surface area contributed by atoms with Gasteiger partial charge in [-0.05, 0) is 48.4 Å². The van der Waals surface area contributed by atoms with Crippen molar-refractivity contribution in [2.24, 2.45) is 5.92 Å². The number of benzene rings is 2. The van der Waals surface area contributed by atoms with E-state index in [0.29, 0.717) is 17.1 Å². The largest absolute Gasteiger partial charge is 0.379 e. The number of rotatable bonds is 7. The summed E-state index contributed by atoms with van der Waals surface area (Å²) in [6.07, 6.45) is 0. The molecule has 0 aliphatic rings. The normalized spacial score (nSPS) is 11.5. The number of carbonyl (C=O) groups is 1. The van der Waals surface area contributed by atoms with Crippen molar-refractivity contribution in [1.29, 1.82) is 0 Å². The van der Waals surface area contributed by atoms with Crippen molar-refractivity contribution in [3.8, 4) is 5.75 Å². The Balaban J connectivity index is 2.34. The van der Waals surface area contributed by atoms with Gasteiger partial charge in [0.1, 0.15) is 16.5 Å². The number of amides is 1. The van der Waals surface area contributed by atoms with E-state index in [1.54, 1.807) is 11.0 Å². The molecule has 0 unspecified atom stereocenters. The van der Waals surface area contributed by atoms with Gasteiger partial charge in [0.2, 0.25) is 5.91 Å². The fourth-order valence-corrected chi connectivity index (χ4v) is 3.63. The molecule has 0 aromatic heterocycles. The second kappa shape index (κ2) is 8.71. The second-order valence-electron chi connectivity index (χ2n) is 6.54. The molecule has 0 aliphatic heterocycles. The molecule has 1 amide bonds. The van der Waals surface area contributed by atoms with Crippen LogP contribution in [0.25, 0.3) is 0 Å². The number of carbonyl (C=O) groups excluding carboxylic acids is 1. The molecular weight excluding hydrogens is 393 g/mol.